The number of ether oxygens (including phenoxy) is 2. The third-order valence-electron chi connectivity index (χ3n) is 3.95. The minimum absolute atomic E-state index is 0.450. The summed E-state index contributed by atoms with van der Waals surface area (Å²) in [7, 11) is 3.62. The number of rotatable bonds is 6. The van der Waals surface area contributed by atoms with Crippen LogP contribution in [-0.4, -0.2) is 67.3 Å². The predicted octanol–water partition coefficient (Wildman–Crippen LogP) is 1.95. The summed E-state index contributed by atoms with van der Waals surface area (Å²) in [6.07, 6.45) is -0.962. The van der Waals surface area contributed by atoms with Crippen LogP contribution in [0.5, 0.6) is 11.5 Å². The lowest BCUT2D eigenvalue weighted by atomic mass is 10.1. The van der Waals surface area contributed by atoms with E-state index in [4.69, 9.17) is 26.2 Å². The fraction of sp³-hybridized carbons (Fsp3) is 0.562. The zero-order chi connectivity index (χ0) is 17.0. The van der Waals surface area contributed by atoms with Crippen molar-refractivity contribution in [2.45, 2.75) is 19.6 Å². The Morgan fingerprint density at radius 1 is 1.35 bits per heavy atom. The Labute approximate surface area is 141 Å². The Bertz CT molecular complexity index is 559. The lowest BCUT2D eigenvalue weighted by molar-refractivity contribution is -0.144. The molecule has 2 rings (SSSR count). The first-order valence-corrected chi connectivity index (χ1v) is 7.95. The third-order valence-corrected chi connectivity index (χ3v) is 4.17. The number of likely N-dealkylation sites (N-methyl/N-ethyl adjacent to an activating group) is 1. The zero-order valence-corrected chi connectivity index (χ0v) is 14.5. The molecular weight excluding hydrogens is 320 g/mol. The molecule has 7 heteroatoms. The summed E-state index contributed by atoms with van der Waals surface area (Å²) in [5.41, 5.74) is 0.840. The van der Waals surface area contributed by atoms with Gasteiger partial charge >= 0.3 is 5.97 Å². The molecule has 1 fully saturated rings. The van der Waals surface area contributed by atoms with Crippen LogP contribution < -0.4 is 9.47 Å². The van der Waals surface area contributed by atoms with Crippen molar-refractivity contribution in [3.8, 4) is 11.5 Å². The van der Waals surface area contributed by atoms with E-state index in [1.165, 1.54) is 14.0 Å². The Hall–Kier alpha value is -1.50. The molecule has 0 bridgehead atoms. The maximum atomic E-state index is 11.1. The van der Waals surface area contributed by atoms with Crippen LogP contribution in [0, 0.1) is 0 Å². The summed E-state index contributed by atoms with van der Waals surface area (Å²) in [6, 6.07) is 3.45. The molecule has 1 saturated heterocycles. The van der Waals surface area contributed by atoms with Crippen LogP contribution in [0.15, 0.2) is 12.1 Å². The lowest BCUT2D eigenvalue weighted by Crippen LogP contribution is -2.44. The molecule has 6 nitrogen and oxygen atoms in total. The van der Waals surface area contributed by atoms with Gasteiger partial charge in [0.05, 0.1) is 7.11 Å². The number of nitrogens with zero attached hydrogens (tertiary/aromatic N) is 2. The molecule has 1 aromatic carbocycles. The molecule has 1 N–H and O–H groups in total. The zero-order valence-electron chi connectivity index (χ0n) is 13.7. The van der Waals surface area contributed by atoms with E-state index in [1.54, 1.807) is 6.07 Å². The summed E-state index contributed by atoms with van der Waals surface area (Å²) >= 11 is 6.16. The van der Waals surface area contributed by atoms with Crippen LogP contribution in [0.1, 0.15) is 12.5 Å². The number of halogens is 1. The first-order chi connectivity index (χ1) is 10.9. The van der Waals surface area contributed by atoms with Gasteiger partial charge in [-0.25, -0.2) is 4.79 Å². The first kappa shape index (κ1) is 17.8. The van der Waals surface area contributed by atoms with Crippen molar-refractivity contribution in [2.24, 2.45) is 0 Å². The van der Waals surface area contributed by atoms with Gasteiger partial charge in [0.25, 0.3) is 0 Å². The van der Waals surface area contributed by atoms with Gasteiger partial charge < -0.3 is 19.5 Å². The van der Waals surface area contributed by atoms with Gasteiger partial charge in [-0.2, -0.15) is 0 Å². The molecule has 1 aliphatic rings. The Kier molecular flexibility index (Phi) is 6.10. The molecule has 0 unspecified atom stereocenters. The van der Waals surface area contributed by atoms with Crippen molar-refractivity contribution < 1.29 is 19.4 Å². The molecule has 0 aliphatic carbocycles. The maximum Gasteiger partial charge on any atom is 0.344 e. The SMILES string of the molecule is COc1cc(Cl)cc(CN2CCN(C)CC2)c1O[C@@H](C)C(=O)O. The van der Waals surface area contributed by atoms with Crippen molar-refractivity contribution in [1.82, 2.24) is 9.80 Å². The van der Waals surface area contributed by atoms with E-state index >= 15 is 0 Å². The standard InChI is InChI=1S/C16H23ClN2O4/c1-11(16(20)21)23-15-12(8-13(17)9-14(15)22-3)10-19-6-4-18(2)5-7-19/h8-9,11H,4-7,10H2,1-3H3,(H,20,21)/t11-/m0/s1. The molecule has 23 heavy (non-hydrogen) atoms. The molecule has 0 spiro atoms. The van der Waals surface area contributed by atoms with Gasteiger partial charge in [0.2, 0.25) is 0 Å². The summed E-state index contributed by atoms with van der Waals surface area (Å²) in [5.74, 6) is -0.118. The van der Waals surface area contributed by atoms with E-state index in [0.29, 0.717) is 23.1 Å². The largest absolute Gasteiger partial charge is 0.493 e. The highest BCUT2D eigenvalue weighted by Crippen LogP contribution is 2.36. The van der Waals surface area contributed by atoms with Crippen LogP contribution in [-0.2, 0) is 11.3 Å². The fourth-order valence-corrected chi connectivity index (χ4v) is 2.73. The Morgan fingerprint density at radius 2 is 2.00 bits per heavy atom. The van der Waals surface area contributed by atoms with Gasteiger partial charge in [-0.3, -0.25) is 4.90 Å². The van der Waals surface area contributed by atoms with Gasteiger partial charge in [-0.15, -0.1) is 0 Å². The number of carbonyl (C=O) groups is 1. The van der Waals surface area contributed by atoms with Gasteiger partial charge in [0.15, 0.2) is 17.6 Å². The molecule has 128 valence electrons. The summed E-state index contributed by atoms with van der Waals surface area (Å²) < 4.78 is 11.0. The fourth-order valence-electron chi connectivity index (χ4n) is 2.50. The predicted molar refractivity (Wildman–Crippen MR) is 88.5 cm³/mol. The highest BCUT2D eigenvalue weighted by molar-refractivity contribution is 6.30. The van der Waals surface area contributed by atoms with Crippen molar-refractivity contribution in [3.05, 3.63) is 22.7 Å². The topological polar surface area (TPSA) is 62.2 Å². The molecule has 0 amide bonds. The summed E-state index contributed by atoms with van der Waals surface area (Å²) in [4.78, 5) is 15.7. The normalized spacial score (nSPS) is 17.7. The number of methoxy groups -OCH3 is 1. The molecule has 0 aromatic heterocycles. The van der Waals surface area contributed by atoms with Gasteiger partial charge in [0, 0.05) is 49.4 Å². The van der Waals surface area contributed by atoms with E-state index in [9.17, 15) is 4.79 Å². The molecule has 1 aliphatic heterocycles. The second-order valence-electron chi connectivity index (χ2n) is 5.77. The number of hydrogen-bond donors (Lipinski definition) is 1. The highest BCUT2D eigenvalue weighted by atomic mass is 35.5. The number of hydrogen-bond acceptors (Lipinski definition) is 5. The smallest absolute Gasteiger partial charge is 0.344 e. The highest BCUT2D eigenvalue weighted by Gasteiger charge is 2.22. The monoisotopic (exact) mass is 342 g/mol. The molecule has 1 atom stereocenters. The van der Waals surface area contributed by atoms with E-state index in [2.05, 4.69) is 16.8 Å². The molecule has 1 aromatic rings. The van der Waals surface area contributed by atoms with Gasteiger partial charge in [-0.05, 0) is 20.0 Å². The van der Waals surface area contributed by atoms with E-state index in [1.807, 2.05) is 6.07 Å². The van der Waals surface area contributed by atoms with Crippen LogP contribution in [0.25, 0.3) is 0 Å². The minimum atomic E-state index is -1.02. The number of aliphatic carboxylic acids is 1. The molecule has 1 heterocycles. The third kappa shape index (κ3) is 4.73. The quantitative estimate of drug-likeness (QED) is 0.852. The van der Waals surface area contributed by atoms with Gasteiger partial charge in [-0.1, -0.05) is 11.6 Å². The molecule has 0 saturated carbocycles. The summed E-state index contributed by atoms with van der Waals surface area (Å²) in [6.45, 7) is 6.03. The second-order valence-corrected chi connectivity index (χ2v) is 6.21. The van der Waals surface area contributed by atoms with Crippen LogP contribution >= 0.6 is 11.6 Å². The lowest BCUT2D eigenvalue weighted by Gasteiger charge is -2.33. The van der Waals surface area contributed by atoms with E-state index < -0.39 is 12.1 Å². The summed E-state index contributed by atoms with van der Waals surface area (Å²) in [5, 5.41) is 9.64. The van der Waals surface area contributed by atoms with Crippen LogP contribution in [0.4, 0.5) is 0 Å². The second kappa shape index (κ2) is 7.86. The van der Waals surface area contributed by atoms with Crippen molar-refractivity contribution in [3.63, 3.8) is 0 Å². The average molecular weight is 343 g/mol. The molecular formula is C16H23ClN2O4. The van der Waals surface area contributed by atoms with Crippen molar-refractivity contribution in [1.29, 1.82) is 0 Å². The number of carboxylic acids is 1. The Morgan fingerprint density at radius 3 is 2.57 bits per heavy atom. The van der Waals surface area contributed by atoms with Gasteiger partial charge in [0.1, 0.15) is 0 Å². The number of benzene rings is 1. The number of piperazine rings is 1. The Balaban J connectivity index is 2.25. The van der Waals surface area contributed by atoms with Crippen molar-refractivity contribution in [2.75, 3.05) is 40.3 Å². The average Bonchev–Trinajstić information content (AvgIpc) is 2.51. The maximum absolute atomic E-state index is 11.1. The van der Waals surface area contributed by atoms with E-state index in [-0.39, 0.29) is 0 Å². The first-order valence-electron chi connectivity index (χ1n) is 7.57. The van der Waals surface area contributed by atoms with E-state index in [0.717, 1.165) is 31.7 Å². The van der Waals surface area contributed by atoms with Crippen molar-refractivity contribution >= 4 is 17.6 Å². The number of carboxylic acid groups (broad SMARTS) is 1. The van der Waals surface area contributed by atoms with Crippen LogP contribution in [0.3, 0.4) is 0 Å². The molecule has 0 radical (unpaired) electrons. The minimum Gasteiger partial charge on any atom is -0.493 e. The van der Waals surface area contributed by atoms with Crippen LogP contribution in [0.2, 0.25) is 5.02 Å².